The van der Waals surface area contributed by atoms with Gasteiger partial charge in [0.25, 0.3) is 0 Å². The first kappa shape index (κ1) is 18.2. The fourth-order valence-corrected chi connectivity index (χ4v) is 4.42. The van der Waals surface area contributed by atoms with Crippen molar-refractivity contribution in [3.8, 4) is 0 Å². The fraction of sp³-hybridized carbons (Fsp3) is 0.250. The first-order valence-corrected chi connectivity index (χ1v) is 10.3. The van der Waals surface area contributed by atoms with Crippen LogP contribution in [0.25, 0.3) is 0 Å². The molecule has 0 unspecified atom stereocenters. The van der Waals surface area contributed by atoms with E-state index in [9.17, 15) is 0 Å². The van der Waals surface area contributed by atoms with Gasteiger partial charge in [-0.3, -0.25) is 0 Å². The van der Waals surface area contributed by atoms with Gasteiger partial charge in [-0.1, -0.05) is 19.8 Å². The predicted octanol–water partition coefficient (Wildman–Crippen LogP) is 3.98. The van der Waals surface area contributed by atoms with Crippen molar-refractivity contribution in [3.63, 3.8) is 0 Å². The van der Waals surface area contributed by atoms with Gasteiger partial charge >= 0.3 is 110 Å². The second kappa shape index (κ2) is 10.8. The minimum atomic E-state index is -0.487. The van der Waals surface area contributed by atoms with Crippen molar-refractivity contribution < 1.29 is 0 Å². The Kier molecular flexibility index (Phi) is 9.89. The molecule has 4 heteroatoms. The van der Waals surface area contributed by atoms with Crippen molar-refractivity contribution in [1.82, 2.24) is 0 Å². The monoisotopic (exact) mass is 432 g/mol. The van der Waals surface area contributed by atoms with E-state index in [1.165, 1.54) is 19.9 Å². The van der Waals surface area contributed by atoms with Crippen LogP contribution in [0, 0.1) is 0 Å². The molecule has 0 heterocycles. The molecule has 2 rings (SSSR count). The van der Waals surface area contributed by atoms with Crippen LogP contribution >= 0.6 is 23.2 Å². The average molecular weight is 434 g/mol. The van der Waals surface area contributed by atoms with Crippen molar-refractivity contribution in [2.75, 3.05) is 5.75 Å². The van der Waals surface area contributed by atoms with E-state index in [0.717, 1.165) is 15.8 Å². The summed E-state index contributed by atoms with van der Waals surface area (Å²) in [7, 11) is 0. The summed E-state index contributed by atoms with van der Waals surface area (Å²) in [5.41, 5.74) is 0. The molecule has 2 radical (unpaired) electrons. The number of benzene rings is 2. The van der Waals surface area contributed by atoms with Crippen LogP contribution in [-0.4, -0.2) is 27.4 Å². The fourth-order valence-electron chi connectivity index (χ4n) is 1.32. The normalized spacial score (nSPS) is 9.80. The number of unbranched alkanes of at least 4 members (excludes halogenated alkanes) is 1. The van der Waals surface area contributed by atoms with E-state index in [-0.39, 0.29) is 0 Å². The van der Waals surface area contributed by atoms with Gasteiger partial charge in [-0.05, 0) is 0 Å². The molecule has 0 aromatic heterocycles. The molecule has 0 aliphatic heterocycles. The summed E-state index contributed by atoms with van der Waals surface area (Å²) >= 11 is 15.8. The molecule has 0 saturated carbocycles. The molecule has 0 saturated heterocycles. The van der Waals surface area contributed by atoms with Crippen LogP contribution in [0.5, 0.6) is 0 Å². The van der Waals surface area contributed by atoms with E-state index < -0.39 is 21.6 Å². The molecular formula is C16H17Cl2SSb. The Morgan fingerprint density at radius 3 is 1.50 bits per heavy atom. The Hall–Kier alpha value is 0.188. The molecule has 0 N–H and O–H groups in total. The number of hydrogen-bond acceptors (Lipinski definition) is 1. The third kappa shape index (κ3) is 7.83. The van der Waals surface area contributed by atoms with Crippen molar-refractivity contribution >= 4 is 64.5 Å². The Balaban J connectivity index is 0.000000347. The van der Waals surface area contributed by atoms with Gasteiger partial charge < -0.3 is 12.6 Å². The zero-order valence-electron chi connectivity index (χ0n) is 11.4. The van der Waals surface area contributed by atoms with Crippen molar-refractivity contribution in [3.05, 3.63) is 58.6 Å². The molecule has 106 valence electrons. The van der Waals surface area contributed by atoms with Crippen molar-refractivity contribution in [2.24, 2.45) is 0 Å². The molecule has 0 nitrogen and oxygen atoms in total. The van der Waals surface area contributed by atoms with Crippen LogP contribution in [0.4, 0.5) is 0 Å². The van der Waals surface area contributed by atoms with Crippen LogP contribution in [-0.2, 0) is 12.6 Å². The zero-order chi connectivity index (χ0) is 14.8. The predicted molar refractivity (Wildman–Crippen MR) is 95.1 cm³/mol. The molecular weight excluding hydrogens is 417 g/mol. The van der Waals surface area contributed by atoms with Gasteiger partial charge in [0, 0.05) is 0 Å². The van der Waals surface area contributed by atoms with Gasteiger partial charge in [0.1, 0.15) is 0 Å². The summed E-state index contributed by atoms with van der Waals surface area (Å²) in [5, 5.41) is 1.59. The summed E-state index contributed by atoms with van der Waals surface area (Å²) in [4.78, 5) is 0. The number of halogens is 2. The van der Waals surface area contributed by atoms with Crippen LogP contribution in [0.1, 0.15) is 19.8 Å². The minimum absolute atomic E-state index is 0.487. The van der Waals surface area contributed by atoms with Gasteiger partial charge in [0.2, 0.25) is 0 Å². The summed E-state index contributed by atoms with van der Waals surface area (Å²) in [5.74, 6) is 0.927. The van der Waals surface area contributed by atoms with Crippen LogP contribution in [0.3, 0.4) is 0 Å². The number of rotatable bonds is 4. The van der Waals surface area contributed by atoms with Gasteiger partial charge in [-0.25, -0.2) is 0 Å². The molecule has 2 aromatic rings. The van der Waals surface area contributed by atoms with Crippen LogP contribution in [0.2, 0.25) is 10.0 Å². The molecule has 0 aliphatic carbocycles. The van der Waals surface area contributed by atoms with E-state index in [1.807, 2.05) is 24.3 Å². The summed E-state index contributed by atoms with van der Waals surface area (Å²) in [6, 6.07) is 16.2. The molecule has 0 atom stereocenters. The molecule has 20 heavy (non-hydrogen) atoms. The SMILES string of the molecule is CCCC[S-].Clc1cc[c]([Sb+][c]2ccc(Cl)cc2)cc1. The Labute approximate surface area is 147 Å². The standard InChI is InChI=1S/2C6H4Cl.C4H10S.Sb/c2*7-6-4-2-1-3-5-6;1-2-3-4-5;/h2*2-5H;5H,2-4H2,1H3;/q;;;+1/p-1. The summed E-state index contributed by atoms with van der Waals surface area (Å²) in [6.45, 7) is 2.15. The first-order valence-electron chi connectivity index (χ1n) is 6.46. The second-order valence-electron chi connectivity index (χ2n) is 4.12. The van der Waals surface area contributed by atoms with Crippen molar-refractivity contribution in [1.29, 1.82) is 0 Å². The van der Waals surface area contributed by atoms with Gasteiger partial charge in [0.15, 0.2) is 0 Å². The molecule has 0 aliphatic rings. The Morgan fingerprint density at radius 2 is 1.25 bits per heavy atom. The topological polar surface area (TPSA) is 0 Å². The van der Waals surface area contributed by atoms with Gasteiger partial charge in [-0.2, -0.15) is 5.75 Å². The van der Waals surface area contributed by atoms with Crippen LogP contribution in [0.15, 0.2) is 48.5 Å². The zero-order valence-corrected chi connectivity index (χ0v) is 16.2. The third-order valence-electron chi connectivity index (χ3n) is 2.41. The Morgan fingerprint density at radius 1 is 0.850 bits per heavy atom. The van der Waals surface area contributed by atoms with E-state index in [1.54, 1.807) is 0 Å². The second-order valence-corrected chi connectivity index (χ2v) is 8.99. The van der Waals surface area contributed by atoms with Gasteiger partial charge in [-0.15, -0.1) is 0 Å². The van der Waals surface area contributed by atoms with E-state index in [4.69, 9.17) is 23.2 Å². The number of hydrogen-bond donors (Lipinski definition) is 0. The van der Waals surface area contributed by atoms with Crippen LogP contribution < -0.4 is 7.02 Å². The Bertz CT molecular complexity index is 437. The van der Waals surface area contributed by atoms with E-state index in [2.05, 4.69) is 43.8 Å². The van der Waals surface area contributed by atoms with Gasteiger partial charge in [0.05, 0.1) is 0 Å². The van der Waals surface area contributed by atoms with E-state index >= 15 is 0 Å². The summed E-state index contributed by atoms with van der Waals surface area (Å²) in [6.07, 6.45) is 2.44. The first-order chi connectivity index (χ1) is 9.65. The molecule has 2 aromatic carbocycles. The quantitative estimate of drug-likeness (QED) is 0.519. The molecule has 0 spiro atoms. The maximum absolute atomic E-state index is 5.83. The molecule has 0 bridgehead atoms. The van der Waals surface area contributed by atoms with E-state index in [0.29, 0.717) is 0 Å². The van der Waals surface area contributed by atoms with Crippen molar-refractivity contribution in [2.45, 2.75) is 19.8 Å². The average Bonchev–Trinajstić information content (AvgIpc) is 2.45. The maximum atomic E-state index is 5.83. The molecule has 0 fully saturated rings. The summed E-state index contributed by atoms with van der Waals surface area (Å²) < 4.78 is 2.80. The molecule has 0 amide bonds. The third-order valence-corrected chi connectivity index (χ3v) is 6.38.